The van der Waals surface area contributed by atoms with Gasteiger partial charge in [-0.15, -0.1) is 0 Å². The molecule has 34 heavy (non-hydrogen) atoms. The van der Waals surface area contributed by atoms with E-state index in [1.807, 2.05) is 70.2 Å². The van der Waals surface area contributed by atoms with Crippen LogP contribution in [-0.2, 0) is 25.3 Å². The van der Waals surface area contributed by atoms with E-state index < -0.39 is 31.5 Å². The smallest absolute Gasteiger partial charge is 0.408 e. The normalized spacial score (nSPS) is 14.5. The van der Waals surface area contributed by atoms with Crippen molar-refractivity contribution in [2.45, 2.75) is 104 Å². The van der Waals surface area contributed by atoms with Crippen molar-refractivity contribution >= 4 is 20.4 Å². The lowest BCUT2D eigenvalue weighted by Gasteiger charge is -2.37. The molecule has 0 bridgehead atoms. The summed E-state index contributed by atoms with van der Waals surface area (Å²) in [5.74, 6) is -0.470. The first-order valence-electron chi connectivity index (χ1n) is 12.1. The Morgan fingerprint density at radius 3 is 2.18 bits per heavy atom. The molecule has 0 aliphatic carbocycles. The SMILES string of the molecule is CC=CCC(CCCO[Si](C)(C)C(C)(C)C)(NC(=O)OCc1ccccc1)C(=O)OC(C)(C)C. The van der Waals surface area contributed by atoms with Gasteiger partial charge >= 0.3 is 12.1 Å². The van der Waals surface area contributed by atoms with Gasteiger partial charge in [0.15, 0.2) is 8.32 Å². The van der Waals surface area contributed by atoms with Gasteiger partial charge in [-0.05, 0) is 70.7 Å². The summed E-state index contributed by atoms with van der Waals surface area (Å²) in [7, 11) is -1.92. The van der Waals surface area contributed by atoms with Crippen molar-refractivity contribution < 1.29 is 23.5 Å². The molecular formula is C27H45NO5Si. The Labute approximate surface area is 207 Å². The zero-order valence-electron chi connectivity index (χ0n) is 22.6. The molecule has 1 aromatic carbocycles. The Morgan fingerprint density at radius 2 is 1.65 bits per heavy atom. The molecule has 0 saturated carbocycles. The molecule has 0 saturated heterocycles. The minimum Gasteiger partial charge on any atom is -0.458 e. The number of hydrogen-bond donors (Lipinski definition) is 1. The second-order valence-corrected chi connectivity index (χ2v) is 16.1. The number of esters is 1. The van der Waals surface area contributed by atoms with Gasteiger partial charge in [-0.25, -0.2) is 9.59 Å². The maximum atomic E-state index is 13.4. The van der Waals surface area contributed by atoms with Gasteiger partial charge in [-0.3, -0.25) is 0 Å². The zero-order valence-corrected chi connectivity index (χ0v) is 23.6. The fourth-order valence-corrected chi connectivity index (χ4v) is 4.11. The highest BCUT2D eigenvalue weighted by Crippen LogP contribution is 2.36. The number of carbonyl (C=O) groups excluding carboxylic acids is 2. The highest BCUT2D eigenvalue weighted by Gasteiger charge is 2.43. The van der Waals surface area contributed by atoms with Crippen molar-refractivity contribution in [3.05, 3.63) is 48.0 Å². The van der Waals surface area contributed by atoms with Crippen molar-refractivity contribution in [2.24, 2.45) is 0 Å². The Morgan fingerprint density at radius 1 is 1.03 bits per heavy atom. The summed E-state index contributed by atoms with van der Waals surface area (Å²) in [6.45, 7) is 19.0. The molecule has 192 valence electrons. The van der Waals surface area contributed by atoms with Gasteiger partial charge in [0, 0.05) is 6.61 Å². The molecule has 1 atom stereocenters. The lowest BCUT2D eigenvalue weighted by molar-refractivity contribution is -0.163. The number of nitrogens with one attached hydrogen (secondary N) is 1. The van der Waals surface area contributed by atoms with Gasteiger partial charge < -0.3 is 19.2 Å². The fourth-order valence-electron chi connectivity index (χ4n) is 3.02. The Kier molecular flexibility index (Phi) is 11.0. The molecule has 0 spiro atoms. The van der Waals surface area contributed by atoms with E-state index >= 15 is 0 Å². The van der Waals surface area contributed by atoms with Crippen LogP contribution in [0.1, 0.15) is 73.3 Å². The van der Waals surface area contributed by atoms with E-state index in [0.29, 0.717) is 25.9 Å². The summed E-state index contributed by atoms with van der Waals surface area (Å²) in [6, 6.07) is 9.44. The van der Waals surface area contributed by atoms with Crippen LogP contribution in [0.3, 0.4) is 0 Å². The predicted octanol–water partition coefficient (Wildman–Crippen LogP) is 6.76. The van der Waals surface area contributed by atoms with Crippen LogP contribution < -0.4 is 5.32 Å². The minimum absolute atomic E-state index is 0.0969. The molecule has 1 amide bonds. The van der Waals surface area contributed by atoms with Crippen LogP contribution in [0.15, 0.2) is 42.5 Å². The Balaban J connectivity index is 3.03. The van der Waals surface area contributed by atoms with Gasteiger partial charge in [0.1, 0.15) is 17.7 Å². The molecule has 0 aliphatic heterocycles. The summed E-state index contributed by atoms with van der Waals surface area (Å²) in [5.41, 5.74) is -1.06. The van der Waals surface area contributed by atoms with Crippen LogP contribution in [0.2, 0.25) is 18.1 Å². The standard InChI is InChI=1S/C27H45NO5Si/c1-10-11-18-27(23(29)33-25(2,3)4,19-15-20-32-34(8,9)26(5,6)7)28-24(30)31-21-22-16-13-12-14-17-22/h10-14,16-17H,15,18-21H2,1-9H3,(H,28,30). The zero-order chi connectivity index (χ0) is 26.0. The van der Waals surface area contributed by atoms with Crippen molar-refractivity contribution in [3.8, 4) is 0 Å². The molecule has 0 aliphatic rings. The van der Waals surface area contributed by atoms with Crippen LogP contribution in [-0.4, -0.2) is 38.1 Å². The number of benzene rings is 1. The van der Waals surface area contributed by atoms with Crippen LogP contribution in [0.25, 0.3) is 0 Å². The van der Waals surface area contributed by atoms with Crippen LogP contribution in [0.5, 0.6) is 0 Å². The summed E-state index contributed by atoms with van der Waals surface area (Å²) in [6.07, 6.45) is 4.37. The lowest BCUT2D eigenvalue weighted by atomic mass is 9.89. The van der Waals surface area contributed by atoms with Gasteiger partial charge in [-0.1, -0.05) is 63.3 Å². The summed E-state index contributed by atoms with van der Waals surface area (Å²) >= 11 is 0. The molecular weight excluding hydrogens is 446 g/mol. The Bertz CT molecular complexity index is 809. The monoisotopic (exact) mass is 491 g/mol. The first-order valence-corrected chi connectivity index (χ1v) is 15.0. The summed E-state index contributed by atoms with van der Waals surface area (Å²) in [4.78, 5) is 26.2. The average molecular weight is 492 g/mol. The molecule has 1 aromatic rings. The van der Waals surface area contributed by atoms with Gasteiger partial charge in [0.2, 0.25) is 0 Å². The number of amides is 1. The second-order valence-electron chi connectivity index (χ2n) is 11.3. The summed E-state index contributed by atoms with van der Waals surface area (Å²) in [5, 5.41) is 2.95. The third kappa shape index (κ3) is 10.0. The third-order valence-corrected chi connectivity index (χ3v) is 10.6. The highest BCUT2D eigenvalue weighted by molar-refractivity contribution is 6.74. The second kappa shape index (κ2) is 12.5. The van der Waals surface area contributed by atoms with E-state index in [9.17, 15) is 9.59 Å². The third-order valence-electron chi connectivity index (χ3n) is 6.06. The van der Waals surface area contributed by atoms with Crippen molar-refractivity contribution in [2.75, 3.05) is 6.61 Å². The average Bonchev–Trinajstić information content (AvgIpc) is 2.72. The van der Waals surface area contributed by atoms with Crippen LogP contribution in [0, 0.1) is 0 Å². The number of alkyl carbamates (subject to hydrolysis) is 1. The highest BCUT2D eigenvalue weighted by atomic mass is 28.4. The predicted molar refractivity (Wildman–Crippen MR) is 140 cm³/mol. The van der Waals surface area contributed by atoms with E-state index in [1.54, 1.807) is 0 Å². The molecule has 0 aromatic heterocycles. The first-order chi connectivity index (χ1) is 15.6. The number of ether oxygens (including phenoxy) is 2. The first kappa shape index (κ1) is 29.9. The van der Waals surface area contributed by atoms with Gasteiger partial charge in [-0.2, -0.15) is 0 Å². The maximum absolute atomic E-state index is 13.4. The van der Waals surface area contributed by atoms with E-state index in [4.69, 9.17) is 13.9 Å². The van der Waals surface area contributed by atoms with E-state index in [2.05, 4.69) is 39.2 Å². The topological polar surface area (TPSA) is 73.9 Å². The number of allylic oxidation sites excluding steroid dienone is 1. The lowest BCUT2D eigenvalue weighted by Crippen LogP contribution is -2.56. The summed E-state index contributed by atoms with van der Waals surface area (Å²) < 4.78 is 17.5. The van der Waals surface area contributed by atoms with Crippen molar-refractivity contribution in [1.82, 2.24) is 5.32 Å². The van der Waals surface area contributed by atoms with E-state index in [0.717, 1.165) is 5.56 Å². The molecule has 1 N–H and O–H groups in total. The number of hydrogen-bond acceptors (Lipinski definition) is 5. The van der Waals surface area contributed by atoms with E-state index in [-0.39, 0.29) is 11.6 Å². The molecule has 0 fully saturated rings. The molecule has 0 radical (unpaired) electrons. The molecule has 1 unspecified atom stereocenters. The fraction of sp³-hybridized carbons (Fsp3) is 0.630. The number of rotatable bonds is 11. The molecule has 6 nitrogen and oxygen atoms in total. The quantitative estimate of drug-likeness (QED) is 0.160. The minimum atomic E-state index is -1.92. The largest absolute Gasteiger partial charge is 0.458 e. The maximum Gasteiger partial charge on any atom is 0.408 e. The van der Waals surface area contributed by atoms with Crippen molar-refractivity contribution in [1.29, 1.82) is 0 Å². The van der Waals surface area contributed by atoms with Crippen LogP contribution >= 0.6 is 0 Å². The molecule has 1 rings (SSSR count). The Hall–Kier alpha value is -2.12. The van der Waals surface area contributed by atoms with Crippen LogP contribution in [0.4, 0.5) is 4.79 Å². The van der Waals surface area contributed by atoms with E-state index in [1.165, 1.54) is 0 Å². The molecule has 7 heteroatoms. The molecule has 0 heterocycles. The number of carbonyl (C=O) groups is 2. The van der Waals surface area contributed by atoms with Gasteiger partial charge in [0.05, 0.1) is 0 Å². The van der Waals surface area contributed by atoms with Gasteiger partial charge in [0.25, 0.3) is 0 Å². The van der Waals surface area contributed by atoms with Crippen molar-refractivity contribution in [3.63, 3.8) is 0 Å².